The molecule has 11 heteroatoms. The van der Waals surface area contributed by atoms with Gasteiger partial charge in [0.25, 0.3) is 11.6 Å². The van der Waals surface area contributed by atoms with E-state index in [0.717, 1.165) is 38.1 Å². The normalized spacial score (nSPS) is 14.5. The van der Waals surface area contributed by atoms with Crippen LogP contribution < -0.4 is 10.6 Å². The number of aromatic nitrogens is 3. The van der Waals surface area contributed by atoms with Gasteiger partial charge in [-0.05, 0) is 38.9 Å². The van der Waals surface area contributed by atoms with Crippen LogP contribution in [-0.4, -0.2) is 52.0 Å². The van der Waals surface area contributed by atoms with Gasteiger partial charge in [0.15, 0.2) is 5.69 Å². The largest absolute Gasteiger partial charge is 0.465 e. The summed E-state index contributed by atoms with van der Waals surface area (Å²) in [5, 5.41) is 25.0. The molecule has 11 nitrogen and oxygen atoms in total. The molecule has 1 aromatic carbocycles. The number of nitro benzene ring substituents is 1. The van der Waals surface area contributed by atoms with Crippen molar-refractivity contribution in [2.75, 3.05) is 25.5 Å². The molecule has 0 aliphatic carbocycles. The quantitative estimate of drug-likeness (QED) is 0.445. The summed E-state index contributed by atoms with van der Waals surface area (Å²) in [6.07, 6.45) is 1.78. The molecule has 28 heavy (non-hydrogen) atoms. The molecular weight excluding hydrogens is 368 g/mol. The smallest absolute Gasteiger partial charge is 0.338 e. The number of piperidine rings is 1. The summed E-state index contributed by atoms with van der Waals surface area (Å²) in [5.41, 5.74) is 0.457. The predicted octanol–water partition coefficient (Wildman–Crippen LogP) is 1.46. The van der Waals surface area contributed by atoms with Gasteiger partial charge in [-0.1, -0.05) is 5.21 Å². The number of non-ortho nitro benzene ring substituents is 1. The number of nitrogens with one attached hydrogen (secondary N) is 2. The number of esters is 1. The third-order valence-corrected chi connectivity index (χ3v) is 4.60. The number of amides is 1. The number of carbonyl (C=O) groups is 2. The van der Waals surface area contributed by atoms with Crippen molar-refractivity contribution in [1.82, 2.24) is 20.3 Å². The average molecular weight is 388 g/mol. The predicted molar refractivity (Wildman–Crippen MR) is 98.3 cm³/mol. The highest BCUT2D eigenvalue weighted by Gasteiger charge is 2.24. The van der Waals surface area contributed by atoms with Crippen molar-refractivity contribution in [3.8, 4) is 0 Å². The summed E-state index contributed by atoms with van der Waals surface area (Å²) in [6.45, 7) is 3.50. The van der Waals surface area contributed by atoms with Crippen LogP contribution >= 0.6 is 0 Å². The van der Waals surface area contributed by atoms with Crippen molar-refractivity contribution < 1.29 is 19.2 Å². The van der Waals surface area contributed by atoms with E-state index in [0.29, 0.717) is 5.69 Å². The van der Waals surface area contributed by atoms with Crippen molar-refractivity contribution in [3.05, 3.63) is 45.3 Å². The van der Waals surface area contributed by atoms with E-state index in [1.165, 1.54) is 13.2 Å². The topological polar surface area (TPSA) is 141 Å². The summed E-state index contributed by atoms with van der Waals surface area (Å²) in [7, 11) is 1.17. The molecule has 1 aliphatic rings. The lowest BCUT2D eigenvalue weighted by Gasteiger charge is -2.23. The van der Waals surface area contributed by atoms with Crippen molar-refractivity contribution in [1.29, 1.82) is 0 Å². The van der Waals surface area contributed by atoms with Crippen LogP contribution in [0.3, 0.4) is 0 Å². The Kier molecular flexibility index (Phi) is 5.64. The van der Waals surface area contributed by atoms with E-state index < -0.39 is 16.8 Å². The average Bonchev–Trinajstić information content (AvgIpc) is 3.09. The molecule has 1 fully saturated rings. The van der Waals surface area contributed by atoms with Gasteiger partial charge in [-0.15, -0.1) is 5.10 Å². The van der Waals surface area contributed by atoms with E-state index in [4.69, 9.17) is 0 Å². The first-order valence-electron chi connectivity index (χ1n) is 8.72. The van der Waals surface area contributed by atoms with E-state index in [-0.39, 0.29) is 28.7 Å². The lowest BCUT2D eigenvalue weighted by Crippen LogP contribution is -2.30. The van der Waals surface area contributed by atoms with Gasteiger partial charge in [0.1, 0.15) is 0 Å². The molecule has 3 rings (SSSR count). The zero-order chi connectivity index (χ0) is 20.3. The van der Waals surface area contributed by atoms with Gasteiger partial charge in [-0.25, -0.2) is 9.48 Å². The fourth-order valence-corrected chi connectivity index (χ4v) is 3.16. The second-order valence-electron chi connectivity index (χ2n) is 6.42. The number of nitrogens with zero attached hydrogens (tertiary/aromatic N) is 4. The Bertz CT molecular complexity index is 919. The van der Waals surface area contributed by atoms with Crippen LogP contribution in [0.4, 0.5) is 11.4 Å². The number of hydrogen-bond acceptors (Lipinski definition) is 8. The zero-order valence-electron chi connectivity index (χ0n) is 15.5. The zero-order valence-corrected chi connectivity index (χ0v) is 15.5. The van der Waals surface area contributed by atoms with E-state index >= 15 is 0 Å². The van der Waals surface area contributed by atoms with E-state index in [2.05, 4.69) is 25.7 Å². The number of methoxy groups -OCH3 is 1. The van der Waals surface area contributed by atoms with Crippen molar-refractivity contribution in [2.45, 2.75) is 25.8 Å². The second kappa shape index (κ2) is 8.13. The van der Waals surface area contributed by atoms with Crippen molar-refractivity contribution in [2.24, 2.45) is 0 Å². The minimum atomic E-state index is -0.743. The number of benzene rings is 1. The van der Waals surface area contributed by atoms with Gasteiger partial charge < -0.3 is 15.4 Å². The fraction of sp³-hybridized carbons (Fsp3) is 0.412. The molecule has 2 aromatic rings. The van der Waals surface area contributed by atoms with Gasteiger partial charge in [-0.2, -0.15) is 0 Å². The first-order chi connectivity index (χ1) is 13.4. The molecule has 0 bridgehead atoms. The number of ether oxygens (including phenoxy) is 1. The standard InChI is InChI=1S/C17H20N6O5/c1-10-15(20-21-22(10)13-3-5-18-6-4-13)16(24)19-12-7-11(17(25)28-2)8-14(9-12)23(26)27/h7-9,13,18H,3-6H2,1-2H3,(H,19,24). The third kappa shape index (κ3) is 3.98. The van der Waals surface area contributed by atoms with E-state index in [1.807, 2.05) is 0 Å². The Morgan fingerprint density at radius 2 is 2.04 bits per heavy atom. The van der Waals surface area contributed by atoms with Gasteiger partial charge >= 0.3 is 5.97 Å². The second-order valence-corrected chi connectivity index (χ2v) is 6.42. The van der Waals surface area contributed by atoms with Gasteiger partial charge in [0.2, 0.25) is 0 Å². The summed E-state index contributed by atoms with van der Waals surface area (Å²) in [4.78, 5) is 34.8. The van der Waals surface area contributed by atoms with Crippen LogP contribution in [0.15, 0.2) is 18.2 Å². The highest BCUT2D eigenvalue weighted by molar-refractivity contribution is 6.04. The molecule has 2 N–H and O–H groups in total. The lowest BCUT2D eigenvalue weighted by molar-refractivity contribution is -0.384. The molecule has 0 spiro atoms. The summed E-state index contributed by atoms with van der Waals surface area (Å²) in [6, 6.07) is 3.72. The van der Waals surface area contributed by atoms with Crippen LogP contribution in [0.1, 0.15) is 45.4 Å². The molecule has 1 aromatic heterocycles. The van der Waals surface area contributed by atoms with Crippen LogP contribution in [0.5, 0.6) is 0 Å². The Morgan fingerprint density at radius 1 is 1.32 bits per heavy atom. The van der Waals surface area contributed by atoms with Crippen molar-refractivity contribution in [3.63, 3.8) is 0 Å². The first-order valence-corrected chi connectivity index (χ1v) is 8.72. The molecule has 0 saturated carbocycles. The maximum absolute atomic E-state index is 12.6. The lowest BCUT2D eigenvalue weighted by atomic mass is 10.1. The summed E-state index contributed by atoms with van der Waals surface area (Å²) in [5.74, 6) is -1.30. The number of rotatable bonds is 5. The monoisotopic (exact) mass is 388 g/mol. The maximum Gasteiger partial charge on any atom is 0.338 e. The number of carbonyl (C=O) groups excluding carboxylic acids is 2. The Morgan fingerprint density at radius 3 is 2.68 bits per heavy atom. The van der Waals surface area contributed by atoms with Gasteiger partial charge in [0, 0.05) is 17.8 Å². The van der Waals surface area contributed by atoms with Crippen molar-refractivity contribution >= 4 is 23.3 Å². The molecule has 0 atom stereocenters. The molecular formula is C17H20N6O5. The Labute approximate surface area is 160 Å². The molecule has 0 radical (unpaired) electrons. The minimum absolute atomic E-state index is 0.0397. The van der Waals surface area contributed by atoms with Crippen LogP contribution in [0.2, 0.25) is 0 Å². The fourth-order valence-electron chi connectivity index (χ4n) is 3.16. The summed E-state index contributed by atoms with van der Waals surface area (Å²) >= 11 is 0. The molecule has 1 saturated heterocycles. The summed E-state index contributed by atoms with van der Waals surface area (Å²) < 4.78 is 6.34. The van der Waals surface area contributed by atoms with Crippen LogP contribution in [-0.2, 0) is 4.74 Å². The van der Waals surface area contributed by atoms with E-state index in [1.54, 1.807) is 11.6 Å². The maximum atomic E-state index is 12.6. The Hall–Kier alpha value is -3.34. The third-order valence-electron chi connectivity index (χ3n) is 4.60. The minimum Gasteiger partial charge on any atom is -0.465 e. The van der Waals surface area contributed by atoms with Gasteiger partial charge in [0.05, 0.1) is 29.3 Å². The first kappa shape index (κ1) is 19.4. The highest BCUT2D eigenvalue weighted by atomic mass is 16.6. The Balaban J connectivity index is 1.85. The van der Waals surface area contributed by atoms with E-state index in [9.17, 15) is 19.7 Å². The number of nitro groups is 1. The number of anilines is 1. The molecule has 148 valence electrons. The van der Waals surface area contributed by atoms with Gasteiger partial charge in [-0.3, -0.25) is 14.9 Å². The number of hydrogen-bond donors (Lipinski definition) is 2. The van der Waals surface area contributed by atoms with Crippen LogP contribution in [0, 0.1) is 17.0 Å². The molecule has 1 amide bonds. The SMILES string of the molecule is COC(=O)c1cc(NC(=O)c2nnn(C3CCNCC3)c2C)cc([N+](=O)[O-])c1. The molecule has 2 heterocycles. The molecule has 1 aliphatic heterocycles. The highest BCUT2D eigenvalue weighted by Crippen LogP contribution is 2.24. The molecule has 0 unspecified atom stereocenters. The van der Waals surface area contributed by atoms with Crippen LogP contribution in [0.25, 0.3) is 0 Å².